The minimum absolute atomic E-state index is 0.133. The van der Waals surface area contributed by atoms with Crippen molar-refractivity contribution < 1.29 is 4.79 Å². The molecule has 0 heterocycles. The second kappa shape index (κ2) is 6.39. The summed E-state index contributed by atoms with van der Waals surface area (Å²) in [4.78, 5) is 11.8. The van der Waals surface area contributed by atoms with Gasteiger partial charge in [0, 0.05) is 5.69 Å². The summed E-state index contributed by atoms with van der Waals surface area (Å²) in [6.45, 7) is 1.89. The lowest BCUT2D eigenvalue weighted by Crippen LogP contribution is -2.31. The Hall–Kier alpha value is -2.80. The maximum atomic E-state index is 11.8. The van der Waals surface area contributed by atoms with E-state index in [4.69, 9.17) is 5.26 Å². The molecule has 20 heavy (non-hydrogen) atoms. The third-order valence-electron chi connectivity index (χ3n) is 2.92. The number of anilines is 1. The van der Waals surface area contributed by atoms with Crippen LogP contribution in [-0.4, -0.2) is 6.03 Å². The van der Waals surface area contributed by atoms with Crippen molar-refractivity contribution in [3.63, 3.8) is 0 Å². The number of urea groups is 1. The van der Waals surface area contributed by atoms with Crippen molar-refractivity contribution in [2.45, 2.75) is 13.0 Å². The molecule has 0 spiro atoms. The van der Waals surface area contributed by atoms with Gasteiger partial charge < -0.3 is 10.6 Å². The number of nitrogens with zero attached hydrogens (tertiary/aromatic N) is 1. The molecule has 0 bridgehead atoms. The highest BCUT2D eigenvalue weighted by atomic mass is 16.2. The lowest BCUT2D eigenvalue weighted by Gasteiger charge is -2.15. The van der Waals surface area contributed by atoms with E-state index in [-0.39, 0.29) is 12.1 Å². The number of para-hydroxylation sites is 1. The van der Waals surface area contributed by atoms with E-state index >= 15 is 0 Å². The number of nitriles is 1. The van der Waals surface area contributed by atoms with Gasteiger partial charge in [0.25, 0.3) is 0 Å². The number of carbonyl (C=O) groups is 1. The second-order valence-corrected chi connectivity index (χ2v) is 4.42. The van der Waals surface area contributed by atoms with E-state index in [1.807, 2.05) is 49.4 Å². The molecule has 4 nitrogen and oxygen atoms in total. The lowest BCUT2D eigenvalue weighted by molar-refractivity contribution is 0.249. The second-order valence-electron chi connectivity index (χ2n) is 4.42. The highest BCUT2D eigenvalue weighted by Gasteiger charge is 2.09. The van der Waals surface area contributed by atoms with Crippen LogP contribution in [0.4, 0.5) is 10.5 Å². The van der Waals surface area contributed by atoms with Crippen LogP contribution in [0, 0.1) is 11.3 Å². The topological polar surface area (TPSA) is 64.9 Å². The third kappa shape index (κ3) is 3.59. The van der Waals surface area contributed by atoms with Crippen LogP contribution in [0.25, 0.3) is 0 Å². The molecule has 100 valence electrons. The Morgan fingerprint density at radius 1 is 1.10 bits per heavy atom. The van der Waals surface area contributed by atoms with E-state index in [1.165, 1.54) is 0 Å². The van der Waals surface area contributed by atoms with E-state index in [1.54, 1.807) is 12.1 Å². The first-order valence-electron chi connectivity index (χ1n) is 6.31. The Kier molecular flexibility index (Phi) is 4.35. The number of amides is 2. The van der Waals surface area contributed by atoms with Gasteiger partial charge in [0.15, 0.2) is 0 Å². The molecule has 2 amide bonds. The number of benzene rings is 2. The van der Waals surface area contributed by atoms with Crippen LogP contribution in [0.15, 0.2) is 54.6 Å². The van der Waals surface area contributed by atoms with Crippen LogP contribution in [-0.2, 0) is 0 Å². The molecule has 2 aromatic carbocycles. The Morgan fingerprint density at radius 3 is 2.35 bits per heavy atom. The van der Waals surface area contributed by atoms with Gasteiger partial charge in [0.1, 0.15) is 0 Å². The van der Waals surface area contributed by atoms with Crippen molar-refractivity contribution in [3.05, 3.63) is 65.7 Å². The fourth-order valence-electron chi connectivity index (χ4n) is 1.81. The lowest BCUT2D eigenvalue weighted by atomic mass is 10.1. The first kappa shape index (κ1) is 13.6. The Balaban J connectivity index is 1.95. The number of hydrogen-bond donors (Lipinski definition) is 2. The predicted molar refractivity (Wildman–Crippen MR) is 78.2 cm³/mol. The number of hydrogen-bond acceptors (Lipinski definition) is 2. The molecule has 2 aromatic rings. The zero-order chi connectivity index (χ0) is 14.4. The molecule has 0 unspecified atom stereocenters. The molecule has 0 aromatic heterocycles. The Labute approximate surface area is 118 Å². The van der Waals surface area contributed by atoms with Crippen LogP contribution in [0.1, 0.15) is 24.1 Å². The first-order valence-corrected chi connectivity index (χ1v) is 6.31. The average molecular weight is 265 g/mol. The summed E-state index contributed by atoms with van der Waals surface area (Å²) in [6, 6.07) is 18.1. The highest BCUT2D eigenvalue weighted by molar-refractivity contribution is 5.89. The highest BCUT2D eigenvalue weighted by Crippen LogP contribution is 2.13. The zero-order valence-corrected chi connectivity index (χ0v) is 11.1. The van der Waals surface area contributed by atoms with Crippen molar-refractivity contribution in [1.29, 1.82) is 5.26 Å². The molecule has 0 aliphatic carbocycles. The normalized spacial score (nSPS) is 11.2. The van der Waals surface area contributed by atoms with Crippen molar-refractivity contribution in [2.75, 3.05) is 5.32 Å². The van der Waals surface area contributed by atoms with Crippen molar-refractivity contribution in [2.24, 2.45) is 0 Å². The maximum absolute atomic E-state index is 11.8. The number of rotatable bonds is 3. The number of nitrogens with one attached hydrogen (secondary N) is 2. The number of carbonyl (C=O) groups excluding carboxylic acids is 1. The summed E-state index contributed by atoms with van der Waals surface area (Å²) in [5.74, 6) is 0. The maximum Gasteiger partial charge on any atom is 0.319 e. The molecule has 1 atom stereocenters. The van der Waals surface area contributed by atoms with Gasteiger partial charge in [-0.15, -0.1) is 0 Å². The SMILES string of the molecule is C[C@H](NC(=O)Nc1ccccc1)c1ccc(C#N)cc1. The predicted octanol–water partition coefficient (Wildman–Crippen LogP) is 3.44. The monoisotopic (exact) mass is 265 g/mol. The van der Waals surface area contributed by atoms with Crippen LogP contribution < -0.4 is 10.6 Å². The molecule has 0 aliphatic rings. The molecule has 0 aliphatic heterocycles. The summed E-state index contributed by atoms with van der Waals surface area (Å²) >= 11 is 0. The standard InChI is InChI=1S/C16H15N3O/c1-12(14-9-7-13(11-17)8-10-14)18-16(20)19-15-5-3-2-4-6-15/h2-10,12H,1H3,(H2,18,19,20)/t12-/m0/s1. The van der Waals surface area contributed by atoms with E-state index in [9.17, 15) is 4.79 Å². The molecule has 0 saturated heterocycles. The first-order chi connectivity index (χ1) is 9.69. The minimum Gasteiger partial charge on any atom is -0.331 e. The van der Waals surface area contributed by atoms with Crippen LogP contribution in [0.2, 0.25) is 0 Å². The fourth-order valence-corrected chi connectivity index (χ4v) is 1.81. The van der Waals surface area contributed by atoms with E-state index in [0.717, 1.165) is 11.3 Å². The Morgan fingerprint density at radius 2 is 1.75 bits per heavy atom. The molecular weight excluding hydrogens is 250 g/mol. The Bertz CT molecular complexity index is 614. The molecule has 4 heteroatoms. The van der Waals surface area contributed by atoms with Gasteiger partial charge in [-0.2, -0.15) is 5.26 Å². The summed E-state index contributed by atoms with van der Waals surface area (Å²) in [5, 5.41) is 14.4. The van der Waals surface area contributed by atoms with Gasteiger partial charge in [-0.25, -0.2) is 4.79 Å². The summed E-state index contributed by atoms with van der Waals surface area (Å²) in [6.07, 6.45) is 0. The molecule has 0 fully saturated rings. The van der Waals surface area contributed by atoms with Crippen molar-refractivity contribution in [3.8, 4) is 6.07 Å². The van der Waals surface area contributed by atoms with Crippen LogP contribution in [0.5, 0.6) is 0 Å². The average Bonchev–Trinajstić information content (AvgIpc) is 2.48. The summed E-state index contributed by atoms with van der Waals surface area (Å²) < 4.78 is 0. The van der Waals surface area contributed by atoms with Gasteiger partial charge in [-0.1, -0.05) is 30.3 Å². The van der Waals surface area contributed by atoms with Crippen molar-refractivity contribution in [1.82, 2.24) is 5.32 Å². The third-order valence-corrected chi connectivity index (χ3v) is 2.92. The molecule has 2 N–H and O–H groups in total. The molecule has 2 rings (SSSR count). The fraction of sp³-hybridized carbons (Fsp3) is 0.125. The van der Waals surface area contributed by atoms with Crippen LogP contribution >= 0.6 is 0 Å². The molecular formula is C16H15N3O. The van der Waals surface area contributed by atoms with Crippen LogP contribution in [0.3, 0.4) is 0 Å². The quantitative estimate of drug-likeness (QED) is 0.892. The largest absolute Gasteiger partial charge is 0.331 e. The molecule has 0 saturated carbocycles. The zero-order valence-electron chi connectivity index (χ0n) is 11.1. The van der Waals surface area contributed by atoms with E-state index in [2.05, 4.69) is 16.7 Å². The van der Waals surface area contributed by atoms with Gasteiger partial charge in [0.05, 0.1) is 17.7 Å². The van der Waals surface area contributed by atoms with E-state index in [0.29, 0.717) is 5.56 Å². The van der Waals surface area contributed by atoms with Gasteiger partial charge in [-0.3, -0.25) is 0 Å². The minimum atomic E-state index is -0.256. The summed E-state index contributed by atoms with van der Waals surface area (Å²) in [5.41, 5.74) is 2.30. The summed E-state index contributed by atoms with van der Waals surface area (Å²) in [7, 11) is 0. The van der Waals surface area contributed by atoms with Gasteiger partial charge in [0.2, 0.25) is 0 Å². The van der Waals surface area contributed by atoms with Gasteiger partial charge >= 0.3 is 6.03 Å². The molecule has 0 radical (unpaired) electrons. The smallest absolute Gasteiger partial charge is 0.319 e. The van der Waals surface area contributed by atoms with Gasteiger partial charge in [-0.05, 0) is 36.8 Å². The van der Waals surface area contributed by atoms with E-state index < -0.39 is 0 Å². The van der Waals surface area contributed by atoms with Crippen molar-refractivity contribution >= 4 is 11.7 Å².